The van der Waals surface area contributed by atoms with E-state index in [4.69, 9.17) is 10.7 Å². The van der Waals surface area contributed by atoms with Crippen LogP contribution in [0.3, 0.4) is 0 Å². The third-order valence-corrected chi connectivity index (χ3v) is 3.60. The second kappa shape index (κ2) is 3.82. The van der Waals surface area contributed by atoms with E-state index in [1.165, 1.54) is 18.4 Å². The molecule has 2 heterocycles. The lowest BCUT2D eigenvalue weighted by Gasteiger charge is -2.09. The fourth-order valence-corrected chi connectivity index (χ4v) is 2.55. The molecule has 1 saturated carbocycles. The summed E-state index contributed by atoms with van der Waals surface area (Å²) in [6.07, 6.45) is 5.89. The van der Waals surface area contributed by atoms with Gasteiger partial charge in [-0.1, -0.05) is 12.1 Å². The second-order valence-electron chi connectivity index (χ2n) is 4.99. The molecule has 0 atom stereocenters. The number of benzene rings is 1. The lowest BCUT2D eigenvalue weighted by Crippen LogP contribution is -2.00. The Balaban J connectivity index is 2.04. The van der Waals surface area contributed by atoms with E-state index in [9.17, 15) is 0 Å². The van der Waals surface area contributed by atoms with Gasteiger partial charge in [0.05, 0.1) is 22.9 Å². The maximum Gasteiger partial charge on any atom is 0.143 e. The molecule has 0 unspecified atom stereocenters. The quantitative estimate of drug-likeness (QED) is 0.760. The maximum absolute atomic E-state index is 6.05. The van der Waals surface area contributed by atoms with Crippen LogP contribution >= 0.6 is 0 Å². The van der Waals surface area contributed by atoms with Crippen molar-refractivity contribution in [2.45, 2.75) is 18.9 Å². The minimum atomic E-state index is 0.565. The van der Waals surface area contributed by atoms with Gasteiger partial charge < -0.3 is 10.3 Å². The molecule has 0 amide bonds. The molecule has 94 valence electrons. The zero-order chi connectivity index (χ0) is 12.8. The Morgan fingerprint density at radius 3 is 2.79 bits per heavy atom. The van der Waals surface area contributed by atoms with Gasteiger partial charge in [0.25, 0.3) is 0 Å². The molecule has 1 aliphatic carbocycles. The molecule has 19 heavy (non-hydrogen) atoms. The van der Waals surface area contributed by atoms with Gasteiger partial charge in [0.2, 0.25) is 0 Å². The lowest BCUT2D eigenvalue weighted by atomic mass is 10.2. The Bertz CT molecular complexity index is 756. The summed E-state index contributed by atoms with van der Waals surface area (Å²) in [6, 6.07) is 10.8. The van der Waals surface area contributed by atoms with Crippen molar-refractivity contribution in [1.82, 2.24) is 14.5 Å². The van der Waals surface area contributed by atoms with E-state index < -0.39 is 0 Å². The van der Waals surface area contributed by atoms with Crippen LogP contribution in [-0.2, 0) is 0 Å². The van der Waals surface area contributed by atoms with Crippen LogP contribution in [0.4, 0.5) is 5.69 Å². The minimum absolute atomic E-state index is 0.565. The Hall–Kier alpha value is -2.36. The molecule has 1 fully saturated rings. The molecule has 2 N–H and O–H groups in total. The standard InChI is InChI=1S/C15H14N4/c16-12-9-17-8-7-11(12)15-18-13-3-1-2-4-14(13)19(15)10-5-6-10/h1-4,7-10H,5-6,16H2. The SMILES string of the molecule is Nc1cnccc1-c1nc2ccccc2n1C1CC1. The van der Waals surface area contributed by atoms with Crippen LogP contribution in [0.1, 0.15) is 18.9 Å². The van der Waals surface area contributed by atoms with Gasteiger partial charge >= 0.3 is 0 Å². The monoisotopic (exact) mass is 250 g/mol. The highest BCUT2D eigenvalue weighted by atomic mass is 15.1. The lowest BCUT2D eigenvalue weighted by molar-refractivity contribution is 0.775. The highest BCUT2D eigenvalue weighted by molar-refractivity contribution is 5.83. The fraction of sp³-hybridized carbons (Fsp3) is 0.200. The van der Waals surface area contributed by atoms with Gasteiger partial charge in [0, 0.05) is 17.8 Å². The Labute approximate surface area is 110 Å². The highest BCUT2D eigenvalue weighted by Crippen LogP contribution is 2.41. The number of fused-ring (bicyclic) bond motifs is 1. The Kier molecular flexibility index (Phi) is 2.12. The van der Waals surface area contributed by atoms with E-state index in [2.05, 4.69) is 27.8 Å². The second-order valence-corrected chi connectivity index (χ2v) is 4.99. The number of nitrogen functional groups attached to an aromatic ring is 1. The van der Waals surface area contributed by atoms with Crippen molar-refractivity contribution in [3.8, 4) is 11.4 Å². The number of para-hydroxylation sites is 2. The van der Waals surface area contributed by atoms with Crippen LogP contribution in [0.2, 0.25) is 0 Å². The van der Waals surface area contributed by atoms with E-state index in [-0.39, 0.29) is 0 Å². The topological polar surface area (TPSA) is 56.7 Å². The number of pyridine rings is 1. The first-order valence-corrected chi connectivity index (χ1v) is 6.51. The van der Waals surface area contributed by atoms with Crippen molar-refractivity contribution in [2.75, 3.05) is 5.73 Å². The van der Waals surface area contributed by atoms with Crippen LogP contribution in [0.25, 0.3) is 22.4 Å². The number of nitrogens with two attached hydrogens (primary N) is 1. The average molecular weight is 250 g/mol. The van der Waals surface area contributed by atoms with Crippen LogP contribution in [0.15, 0.2) is 42.7 Å². The van der Waals surface area contributed by atoms with E-state index in [1.54, 1.807) is 12.4 Å². The van der Waals surface area contributed by atoms with Gasteiger partial charge in [-0.2, -0.15) is 0 Å². The van der Waals surface area contributed by atoms with Crippen molar-refractivity contribution in [2.24, 2.45) is 0 Å². The molecule has 0 aliphatic heterocycles. The number of aromatic nitrogens is 3. The molecule has 0 radical (unpaired) electrons. The maximum atomic E-state index is 6.05. The largest absolute Gasteiger partial charge is 0.397 e. The molecule has 1 aromatic carbocycles. The molecule has 4 heteroatoms. The van der Waals surface area contributed by atoms with E-state index in [1.807, 2.05) is 12.1 Å². The first-order chi connectivity index (χ1) is 9.34. The van der Waals surface area contributed by atoms with Crippen molar-refractivity contribution in [3.63, 3.8) is 0 Å². The molecule has 0 bridgehead atoms. The molecule has 4 rings (SSSR count). The van der Waals surface area contributed by atoms with Gasteiger partial charge in [-0.25, -0.2) is 4.98 Å². The number of rotatable bonds is 2. The van der Waals surface area contributed by atoms with Gasteiger partial charge in [-0.05, 0) is 31.0 Å². The van der Waals surface area contributed by atoms with Crippen molar-refractivity contribution in [3.05, 3.63) is 42.7 Å². The van der Waals surface area contributed by atoms with Crippen LogP contribution < -0.4 is 5.73 Å². The van der Waals surface area contributed by atoms with Crippen molar-refractivity contribution >= 4 is 16.7 Å². The van der Waals surface area contributed by atoms with Crippen molar-refractivity contribution < 1.29 is 0 Å². The molecule has 0 spiro atoms. The van der Waals surface area contributed by atoms with Crippen LogP contribution in [0.5, 0.6) is 0 Å². The third-order valence-electron chi connectivity index (χ3n) is 3.60. The van der Waals surface area contributed by atoms with Crippen LogP contribution in [0, 0.1) is 0 Å². The van der Waals surface area contributed by atoms with Gasteiger partial charge in [-0.15, -0.1) is 0 Å². The van der Waals surface area contributed by atoms with E-state index in [0.29, 0.717) is 11.7 Å². The summed E-state index contributed by atoms with van der Waals surface area (Å²) in [4.78, 5) is 8.81. The fourth-order valence-electron chi connectivity index (χ4n) is 2.55. The van der Waals surface area contributed by atoms with Gasteiger partial charge in [-0.3, -0.25) is 4.98 Å². The first-order valence-electron chi connectivity index (χ1n) is 6.51. The van der Waals surface area contributed by atoms with Gasteiger partial charge in [0.1, 0.15) is 5.82 Å². The Morgan fingerprint density at radius 2 is 2.00 bits per heavy atom. The summed E-state index contributed by atoms with van der Waals surface area (Å²) in [5.74, 6) is 0.962. The Morgan fingerprint density at radius 1 is 1.16 bits per heavy atom. The van der Waals surface area contributed by atoms with E-state index in [0.717, 1.165) is 16.9 Å². The average Bonchev–Trinajstić information content (AvgIpc) is 3.19. The molecular formula is C15H14N4. The molecule has 1 aliphatic rings. The molecule has 0 saturated heterocycles. The number of anilines is 1. The molecule has 3 aromatic rings. The smallest absolute Gasteiger partial charge is 0.143 e. The summed E-state index contributed by atoms with van der Waals surface area (Å²) < 4.78 is 2.32. The zero-order valence-corrected chi connectivity index (χ0v) is 10.5. The van der Waals surface area contributed by atoms with E-state index >= 15 is 0 Å². The van der Waals surface area contributed by atoms with Crippen molar-refractivity contribution in [1.29, 1.82) is 0 Å². The molecular weight excluding hydrogens is 236 g/mol. The highest BCUT2D eigenvalue weighted by Gasteiger charge is 2.29. The normalized spacial score (nSPS) is 14.9. The molecule has 2 aromatic heterocycles. The molecule has 4 nitrogen and oxygen atoms in total. The zero-order valence-electron chi connectivity index (χ0n) is 10.5. The predicted octanol–water partition coefficient (Wildman–Crippen LogP) is 3.02. The number of hydrogen-bond acceptors (Lipinski definition) is 3. The number of imidazole rings is 1. The summed E-state index contributed by atoms with van der Waals surface area (Å²) in [5, 5.41) is 0. The number of nitrogens with zero attached hydrogens (tertiary/aromatic N) is 3. The summed E-state index contributed by atoms with van der Waals surface area (Å²) in [7, 11) is 0. The van der Waals surface area contributed by atoms with Gasteiger partial charge in [0.15, 0.2) is 0 Å². The number of hydrogen-bond donors (Lipinski definition) is 1. The predicted molar refractivity (Wildman–Crippen MR) is 75.6 cm³/mol. The summed E-state index contributed by atoms with van der Waals surface area (Å²) >= 11 is 0. The summed E-state index contributed by atoms with van der Waals surface area (Å²) in [6.45, 7) is 0. The minimum Gasteiger partial charge on any atom is -0.397 e. The summed E-state index contributed by atoms with van der Waals surface area (Å²) in [5.41, 5.74) is 9.92. The third kappa shape index (κ3) is 1.60. The van der Waals surface area contributed by atoms with Crippen LogP contribution in [-0.4, -0.2) is 14.5 Å². The first kappa shape index (κ1) is 10.6.